The zero-order valence-corrected chi connectivity index (χ0v) is 11.6. The highest BCUT2D eigenvalue weighted by atomic mass is 16.5. The SMILES string of the molecule is [CH]([CH]c1ccccc1)Oc1ccc(-c2ccccc2)cc1. The molecule has 1 nitrogen and oxygen atoms in total. The molecule has 102 valence electrons. The fourth-order valence-electron chi connectivity index (χ4n) is 2.11. The molecule has 0 unspecified atom stereocenters. The van der Waals surface area contributed by atoms with Gasteiger partial charge in [0.05, 0.1) is 0 Å². The molecule has 0 heterocycles. The van der Waals surface area contributed by atoms with Crippen LogP contribution >= 0.6 is 0 Å². The van der Waals surface area contributed by atoms with Crippen molar-refractivity contribution in [2.24, 2.45) is 0 Å². The smallest absolute Gasteiger partial charge is 0.144 e. The fourth-order valence-corrected chi connectivity index (χ4v) is 2.11. The number of hydrogen-bond acceptors (Lipinski definition) is 1. The van der Waals surface area contributed by atoms with Gasteiger partial charge in [-0.25, -0.2) is 0 Å². The van der Waals surface area contributed by atoms with Crippen molar-refractivity contribution in [2.75, 3.05) is 0 Å². The normalized spacial score (nSPS) is 10.3. The Hall–Kier alpha value is -2.54. The van der Waals surface area contributed by atoms with Gasteiger partial charge < -0.3 is 4.74 Å². The summed E-state index contributed by atoms with van der Waals surface area (Å²) >= 11 is 0. The molecule has 0 spiro atoms. The molecule has 0 aliphatic rings. The van der Waals surface area contributed by atoms with Crippen molar-refractivity contribution >= 4 is 0 Å². The van der Waals surface area contributed by atoms with E-state index >= 15 is 0 Å². The zero-order chi connectivity index (χ0) is 14.3. The van der Waals surface area contributed by atoms with E-state index in [-0.39, 0.29) is 0 Å². The average molecular weight is 272 g/mol. The third-order valence-electron chi connectivity index (χ3n) is 3.23. The Morgan fingerprint density at radius 1 is 0.571 bits per heavy atom. The quantitative estimate of drug-likeness (QED) is 0.624. The van der Waals surface area contributed by atoms with Gasteiger partial charge in [-0.2, -0.15) is 0 Å². The minimum Gasteiger partial charge on any atom is -0.486 e. The second-order valence-corrected chi connectivity index (χ2v) is 4.72. The maximum atomic E-state index is 5.62. The maximum absolute atomic E-state index is 5.62. The van der Waals surface area contributed by atoms with Crippen LogP contribution in [0.3, 0.4) is 0 Å². The first kappa shape index (κ1) is 13.4. The van der Waals surface area contributed by atoms with E-state index in [1.165, 1.54) is 11.1 Å². The van der Waals surface area contributed by atoms with Gasteiger partial charge in [0.2, 0.25) is 0 Å². The summed E-state index contributed by atoms with van der Waals surface area (Å²) in [4.78, 5) is 0. The van der Waals surface area contributed by atoms with Crippen LogP contribution < -0.4 is 4.74 Å². The number of benzene rings is 3. The van der Waals surface area contributed by atoms with Crippen LogP contribution in [-0.2, 0) is 0 Å². The first-order chi connectivity index (χ1) is 10.4. The van der Waals surface area contributed by atoms with E-state index in [1.807, 2.05) is 67.1 Å². The molecule has 0 saturated carbocycles. The highest BCUT2D eigenvalue weighted by Crippen LogP contribution is 2.22. The topological polar surface area (TPSA) is 9.23 Å². The standard InChI is InChI=1S/C20H16O/c1-3-7-17(8-4-1)15-16-21-20-13-11-19(12-14-20)18-9-5-2-6-10-18/h1-16H. The monoisotopic (exact) mass is 272 g/mol. The van der Waals surface area contributed by atoms with Crippen molar-refractivity contribution in [3.8, 4) is 16.9 Å². The van der Waals surface area contributed by atoms with Crippen molar-refractivity contribution < 1.29 is 4.74 Å². The molecule has 3 rings (SSSR count). The molecular formula is C20H16O. The summed E-state index contributed by atoms with van der Waals surface area (Å²) in [5, 5.41) is 0. The maximum Gasteiger partial charge on any atom is 0.144 e. The summed E-state index contributed by atoms with van der Waals surface area (Å²) in [5.74, 6) is 0.835. The average Bonchev–Trinajstić information content (AvgIpc) is 2.57. The summed E-state index contributed by atoms with van der Waals surface area (Å²) in [5.41, 5.74) is 3.53. The molecule has 0 saturated heterocycles. The molecule has 0 aromatic heterocycles. The van der Waals surface area contributed by atoms with Gasteiger partial charge in [-0.15, -0.1) is 0 Å². The third-order valence-corrected chi connectivity index (χ3v) is 3.23. The van der Waals surface area contributed by atoms with Gasteiger partial charge in [-0.3, -0.25) is 0 Å². The van der Waals surface area contributed by atoms with Crippen LogP contribution in [0.5, 0.6) is 5.75 Å². The number of hydrogen-bond donors (Lipinski definition) is 0. The molecule has 3 aromatic rings. The molecule has 0 aliphatic carbocycles. The van der Waals surface area contributed by atoms with E-state index in [0.717, 1.165) is 11.3 Å². The summed E-state index contributed by atoms with van der Waals surface area (Å²) in [6, 6.07) is 28.5. The van der Waals surface area contributed by atoms with Crippen molar-refractivity contribution in [3.05, 3.63) is 104 Å². The van der Waals surface area contributed by atoms with E-state index in [0.29, 0.717) is 0 Å². The lowest BCUT2D eigenvalue weighted by Crippen LogP contribution is -1.92. The van der Waals surface area contributed by atoms with Crippen LogP contribution in [0.15, 0.2) is 84.9 Å². The first-order valence-corrected chi connectivity index (χ1v) is 6.95. The van der Waals surface area contributed by atoms with E-state index in [2.05, 4.69) is 24.3 Å². The van der Waals surface area contributed by atoms with E-state index in [9.17, 15) is 0 Å². The predicted octanol–water partition coefficient (Wildman–Crippen LogP) is 5.15. The predicted molar refractivity (Wildman–Crippen MR) is 86.7 cm³/mol. The van der Waals surface area contributed by atoms with Crippen LogP contribution in [0.4, 0.5) is 0 Å². The molecule has 0 bridgehead atoms. The van der Waals surface area contributed by atoms with Crippen LogP contribution in [0.1, 0.15) is 5.56 Å². The molecule has 0 amide bonds. The first-order valence-electron chi connectivity index (χ1n) is 6.95. The molecule has 1 heteroatoms. The Bertz CT molecular complexity index is 657. The Balaban J connectivity index is 1.58. The summed E-state index contributed by atoms with van der Waals surface area (Å²) in [6.45, 7) is 1.72. The Kier molecular flexibility index (Phi) is 4.33. The molecule has 2 radical (unpaired) electrons. The van der Waals surface area contributed by atoms with Crippen LogP contribution in [-0.4, -0.2) is 0 Å². The van der Waals surface area contributed by atoms with Gasteiger partial charge >= 0.3 is 0 Å². The summed E-state index contributed by atoms with van der Waals surface area (Å²) in [6.07, 6.45) is 1.95. The van der Waals surface area contributed by atoms with E-state index in [4.69, 9.17) is 4.74 Å². The lowest BCUT2D eigenvalue weighted by Gasteiger charge is -2.06. The van der Waals surface area contributed by atoms with Crippen LogP contribution in [0.2, 0.25) is 0 Å². The Labute approximate surface area is 125 Å². The lowest BCUT2D eigenvalue weighted by molar-refractivity contribution is 0.425. The molecule has 21 heavy (non-hydrogen) atoms. The third kappa shape index (κ3) is 3.73. The van der Waals surface area contributed by atoms with E-state index in [1.54, 1.807) is 6.61 Å². The molecule has 0 aliphatic heterocycles. The molecule has 3 aromatic carbocycles. The highest BCUT2D eigenvalue weighted by molar-refractivity contribution is 5.63. The largest absolute Gasteiger partial charge is 0.486 e. The summed E-state index contributed by atoms with van der Waals surface area (Å²) < 4.78 is 5.62. The lowest BCUT2D eigenvalue weighted by atomic mass is 10.1. The van der Waals surface area contributed by atoms with Gasteiger partial charge in [0, 0.05) is 6.42 Å². The van der Waals surface area contributed by atoms with E-state index < -0.39 is 0 Å². The van der Waals surface area contributed by atoms with Gasteiger partial charge in [0.1, 0.15) is 12.4 Å². The van der Waals surface area contributed by atoms with Gasteiger partial charge in [-0.05, 0) is 28.8 Å². The molecular weight excluding hydrogens is 256 g/mol. The van der Waals surface area contributed by atoms with Crippen molar-refractivity contribution in [1.29, 1.82) is 0 Å². The Morgan fingerprint density at radius 3 is 1.81 bits per heavy atom. The zero-order valence-electron chi connectivity index (χ0n) is 11.6. The fraction of sp³-hybridized carbons (Fsp3) is 0. The minimum atomic E-state index is 0.835. The van der Waals surface area contributed by atoms with Gasteiger partial charge in [0.25, 0.3) is 0 Å². The molecule has 0 N–H and O–H groups in total. The summed E-state index contributed by atoms with van der Waals surface area (Å²) in [7, 11) is 0. The Morgan fingerprint density at radius 2 is 1.14 bits per heavy atom. The molecule has 0 fully saturated rings. The number of ether oxygens (including phenoxy) is 1. The number of rotatable bonds is 5. The van der Waals surface area contributed by atoms with Crippen LogP contribution in [0, 0.1) is 13.0 Å². The molecule has 0 atom stereocenters. The second-order valence-electron chi connectivity index (χ2n) is 4.72. The van der Waals surface area contributed by atoms with Crippen molar-refractivity contribution in [1.82, 2.24) is 0 Å². The minimum absolute atomic E-state index is 0.835. The van der Waals surface area contributed by atoms with Crippen LogP contribution in [0.25, 0.3) is 11.1 Å². The van der Waals surface area contributed by atoms with Gasteiger partial charge in [0.15, 0.2) is 0 Å². The van der Waals surface area contributed by atoms with Crippen molar-refractivity contribution in [3.63, 3.8) is 0 Å². The van der Waals surface area contributed by atoms with Gasteiger partial charge in [-0.1, -0.05) is 72.8 Å². The second kappa shape index (κ2) is 6.76. The van der Waals surface area contributed by atoms with Crippen molar-refractivity contribution in [2.45, 2.75) is 0 Å². The highest BCUT2D eigenvalue weighted by Gasteiger charge is 1.99.